The Morgan fingerprint density at radius 1 is 1.27 bits per heavy atom. The van der Waals surface area contributed by atoms with E-state index in [1.165, 1.54) is 0 Å². The minimum absolute atomic E-state index is 0.125. The molecule has 5 nitrogen and oxygen atoms in total. The second-order valence-electron chi connectivity index (χ2n) is 5.81. The third kappa shape index (κ3) is 4.37. The van der Waals surface area contributed by atoms with Gasteiger partial charge in [-0.05, 0) is 25.5 Å². The van der Waals surface area contributed by atoms with Crippen molar-refractivity contribution in [2.75, 3.05) is 44.7 Å². The first-order valence-corrected chi connectivity index (χ1v) is 8.03. The highest BCUT2D eigenvalue weighted by Gasteiger charge is 2.21. The Hall–Kier alpha value is -1.75. The van der Waals surface area contributed by atoms with Crippen molar-refractivity contribution in [1.82, 2.24) is 10.2 Å². The normalized spacial score (nSPS) is 17.1. The van der Waals surface area contributed by atoms with Gasteiger partial charge in [0.05, 0.1) is 19.3 Å². The molecule has 1 unspecified atom stereocenters. The number of para-hydroxylation sites is 2. The fourth-order valence-electron chi connectivity index (χ4n) is 2.66. The number of hydrogen-bond donors (Lipinski definition) is 1. The molecule has 1 heterocycles. The third-order valence-electron chi connectivity index (χ3n) is 4.19. The molecule has 0 saturated carbocycles. The number of anilines is 1. The molecule has 1 aromatic rings. The van der Waals surface area contributed by atoms with E-state index in [9.17, 15) is 4.79 Å². The Labute approximate surface area is 133 Å². The van der Waals surface area contributed by atoms with Crippen LogP contribution in [0.2, 0.25) is 0 Å². The van der Waals surface area contributed by atoms with E-state index in [2.05, 4.69) is 28.1 Å². The predicted octanol–water partition coefficient (Wildman–Crippen LogP) is 1.73. The lowest BCUT2D eigenvalue weighted by atomic mass is 10.2. The quantitative estimate of drug-likeness (QED) is 0.869. The number of carbonyl (C=O) groups excluding carboxylic acids is 1. The molecular formula is C17H27N3O2. The molecule has 122 valence electrons. The Balaban J connectivity index is 1.84. The van der Waals surface area contributed by atoms with E-state index in [4.69, 9.17) is 4.74 Å². The van der Waals surface area contributed by atoms with Crippen molar-refractivity contribution in [3.05, 3.63) is 24.3 Å². The van der Waals surface area contributed by atoms with Gasteiger partial charge in [0.1, 0.15) is 5.75 Å². The highest BCUT2D eigenvalue weighted by Crippen LogP contribution is 2.28. The van der Waals surface area contributed by atoms with Crippen LogP contribution in [0.4, 0.5) is 5.69 Å². The number of ether oxygens (including phenoxy) is 1. The summed E-state index contributed by atoms with van der Waals surface area (Å²) in [5.74, 6) is 1.03. The van der Waals surface area contributed by atoms with E-state index in [1.54, 1.807) is 7.11 Å². The molecule has 0 spiro atoms. The molecule has 1 N–H and O–H groups in total. The zero-order valence-corrected chi connectivity index (χ0v) is 13.8. The number of nitrogens with one attached hydrogen (secondary N) is 1. The molecule has 1 aromatic carbocycles. The second-order valence-corrected chi connectivity index (χ2v) is 5.81. The maximum absolute atomic E-state index is 11.9. The summed E-state index contributed by atoms with van der Waals surface area (Å²) in [5, 5.41) is 3.02. The summed E-state index contributed by atoms with van der Waals surface area (Å²) >= 11 is 0. The zero-order valence-electron chi connectivity index (χ0n) is 13.8. The van der Waals surface area contributed by atoms with Gasteiger partial charge >= 0.3 is 0 Å². The molecule has 1 fully saturated rings. The smallest absolute Gasteiger partial charge is 0.234 e. The first-order chi connectivity index (χ1) is 10.6. The summed E-state index contributed by atoms with van der Waals surface area (Å²) in [6, 6.07) is 8.34. The number of piperazine rings is 1. The standard InChI is InChI=1S/C17H27N3O2/c1-4-14(2)18-17(21)13-19-9-11-20(12-10-19)15-7-5-6-8-16(15)22-3/h5-8,14H,4,9-13H2,1-3H3,(H,18,21). The summed E-state index contributed by atoms with van der Waals surface area (Å²) < 4.78 is 5.43. The van der Waals surface area contributed by atoms with Gasteiger partial charge in [0.2, 0.25) is 5.91 Å². The van der Waals surface area contributed by atoms with Crippen LogP contribution < -0.4 is 15.0 Å². The molecule has 1 aliphatic rings. The van der Waals surface area contributed by atoms with Gasteiger partial charge in [0, 0.05) is 32.2 Å². The topological polar surface area (TPSA) is 44.8 Å². The van der Waals surface area contributed by atoms with Crippen molar-refractivity contribution in [3.63, 3.8) is 0 Å². The van der Waals surface area contributed by atoms with Gasteiger partial charge < -0.3 is 15.0 Å². The van der Waals surface area contributed by atoms with Gasteiger partial charge in [-0.2, -0.15) is 0 Å². The van der Waals surface area contributed by atoms with E-state index in [1.807, 2.05) is 25.1 Å². The predicted molar refractivity (Wildman–Crippen MR) is 89.5 cm³/mol. The van der Waals surface area contributed by atoms with E-state index in [-0.39, 0.29) is 11.9 Å². The van der Waals surface area contributed by atoms with E-state index in [0.29, 0.717) is 6.54 Å². The second kappa shape index (κ2) is 8.03. The minimum atomic E-state index is 0.125. The summed E-state index contributed by atoms with van der Waals surface area (Å²) in [4.78, 5) is 16.5. The van der Waals surface area contributed by atoms with Crippen molar-refractivity contribution in [2.45, 2.75) is 26.3 Å². The number of hydrogen-bond acceptors (Lipinski definition) is 4. The van der Waals surface area contributed by atoms with E-state index in [0.717, 1.165) is 44.0 Å². The molecule has 0 radical (unpaired) electrons. The van der Waals surface area contributed by atoms with Crippen molar-refractivity contribution in [1.29, 1.82) is 0 Å². The number of rotatable bonds is 6. The molecule has 1 aliphatic heterocycles. The van der Waals surface area contributed by atoms with Gasteiger partial charge in [-0.25, -0.2) is 0 Å². The average molecular weight is 305 g/mol. The monoisotopic (exact) mass is 305 g/mol. The number of nitrogens with zero attached hydrogens (tertiary/aromatic N) is 2. The van der Waals surface area contributed by atoms with Crippen LogP contribution in [0.5, 0.6) is 5.75 Å². The Morgan fingerprint density at radius 3 is 2.59 bits per heavy atom. The summed E-state index contributed by atoms with van der Waals surface area (Å²) in [6.45, 7) is 8.23. The molecule has 0 bridgehead atoms. The highest BCUT2D eigenvalue weighted by atomic mass is 16.5. The minimum Gasteiger partial charge on any atom is -0.495 e. The Morgan fingerprint density at radius 2 is 1.95 bits per heavy atom. The molecule has 2 rings (SSSR count). The number of amides is 1. The lowest BCUT2D eigenvalue weighted by molar-refractivity contribution is -0.122. The SMILES string of the molecule is CCC(C)NC(=O)CN1CCN(c2ccccc2OC)CC1. The lowest BCUT2D eigenvalue weighted by Crippen LogP contribution is -2.50. The van der Waals surface area contributed by atoms with Crippen LogP contribution in [-0.2, 0) is 4.79 Å². The van der Waals surface area contributed by atoms with Crippen LogP contribution in [0, 0.1) is 0 Å². The van der Waals surface area contributed by atoms with Crippen molar-refractivity contribution >= 4 is 11.6 Å². The first-order valence-electron chi connectivity index (χ1n) is 8.03. The van der Waals surface area contributed by atoms with Gasteiger partial charge in [0.15, 0.2) is 0 Å². The van der Waals surface area contributed by atoms with Crippen molar-refractivity contribution in [2.24, 2.45) is 0 Å². The van der Waals surface area contributed by atoms with Crippen LogP contribution in [0.25, 0.3) is 0 Å². The Kier molecular flexibility index (Phi) is 6.07. The lowest BCUT2D eigenvalue weighted by Gasteiger charge is -2.36. The molecule has 1 atom stereocenters. The molecule has 0 aromatic heterocycles. The van der Waals surface area contributed by atoms with Crippen LogP contribution in [-0.4, -0.2) is 56.7 Å². The zero-order chi connectivity index (χ0) is 15.9. The van der Waals surface area contributed by atoms with E-state index < -0.39 is 0 Å². The maximum atomic E-state index is 11.9. The van der Waals surface area contributed by atoms with Gasteiger partial charge in [-0.15, -0.1) is 0 Å². The van der Waals surface area contributed by atoms with Crippen LogP contribution in [0.3, 0.4) is 0 Å². The molecule has 0 aliphatic carbocycles. The van der Waals surface area contributed by atoms with Crippen molar-refractivity contribution < 1.29 is 9.53 Å². The van der Waals surface area contributed by atoms with Crippen LogP contribution >= 0.6 is 0 Å². The highest BCUT2D eigenvalue weighted by molar-refractivity contribution is 5.78. The number of carbonyl (C=O) groups is 1. The first kappa shape index (κ1) is 16.6. The molecule has 5 heteroatoms. The van der Waals surface area contributed by atoms with Gasteiger partial charge in [-0.3, -0.25) is 9.69 Å². The van der Waals surface area contributed by atoms with Crippen molar-refractivity contribution in [3.8, 4) is 5.75 Å². The molecule has 1 saturated heterocycles. The average Bonchev–Trinajstić information content (AvgIpc) is 2.55. The molecule has 1 amide bonds. The summed E-state index contributed by atoms with van der Waals surface area (Å²) in [7, 11) is 1.70. The van der Waals surface area contributed by atoms with Crippen LogP contribution in [0.15, 0.2) is 24.3 Å². The number of methoxy groups -OCH3 is 1. The number of benzene rings is 1. The summed E-state index contributed by atoms with van der Waals surface area (Å²) in [5.41, 5.74) is 1.13. The van der Waals surface area contributed by atoms with Gasteiger partial charge in [0.25, 0.3) is 0 Å². The fraction of sp³-hybridized carbons (Fsp3) is 0.588. The molecule has 22 heavy (non-hydrogen) atoms. The largest absolute Gasteiger partial charge is 0.495 e. The Bertz CT molecular complexity index is 485. The van der Waals surface area contributed by atoms with Crippen LogP contribution in [0.1, 0.15) is 20.3 Å². The maximum Gasteiger partial charge on any atom is 0.234 e. The van der Waals surface area contributed by atoms with E-state index >= 15 is 0 Å². The summed E-state index contributed by atoms with van der Waals surface area (Å²) in [6.07, 6.45) is 0.966. The fourth-order valence-corrected chi connectivity index (χ4v) is 2.66. The molecular weight excluding hydrogens is 278 g/mol. The third-order valence-corrected chi connectivity index (χ3v) is 4.19. The van der Waals surface area contributed by atoms with Gasteiger partial charge in [-0.1, -0.05) is 19.1 Å².